The average Bonchev–Trinajstić information content (AvgIpc) is 2.78. The van der Waals surface area contributed by atoms with Crippen LogP contribution >= 0.6 is 15.9 Å². The zero-order valence-electron chi connectivity index (χ0n) is 17.3. The fourth-order valence-electron chi connectivity index (χ4n) is 2.95. The first-order valence-corrected chi connectivity index (χ1v) is 10.4. The van der Waals surface area contributed by atoms with E-state index < -0.39 is 17.5 Å². The maximum Gasteiger partial charge on any atom is 0.343 e. The SMILES string of the molecule is CCCc1nc2ccc(Br)cc2c(=O)n1N=Cc1cccc([N+](=O)[O-])c1OCC(=O)OC. The minimum absolute atomic E-state index is 0.159. The van der Waals surface area contributed by atoms with Crippen LogP contribution in [0.2, 0.25) is 0 Å². The van der Waals surface area contributed by atoms with E-state index in [1.807, 2.05) is 6.92 Å². The molecule has 3 aromatic rings. The number of nitrogens with zero attached hydrogens (tertiary/aromatic N) is 4. The molecule has 0 saturated carbocycles. The molecule has 0 N–H and O–H groups in total. The quantitative estimate of drug-likeness (QED) is 0.200. The van der Waals surface area contributed by atoms with Gasteiger partial charge in [-0.1, -0.05) is 28.9 Å². The number of rotatable bonds is 8. The van der Waals surface area contributed by atoms with E-state index in [0.29, 0.717) is 23.1 Å². The van der Waals surface area contributed by atoms with Gasteiger partial charge in [0.25, 0.3) is 5.56 Å². The summed E-state index contributed by atoms with van der Waals surface area (Å²) in [6.45, 7) is 1.43. The molecule has 0 spiro atoms. The highest BCUT2D eigenvalue weighted by Gasteiger charge is 2.20. The predicted octanol–water partition coefficient (Wildman–Crippen LogP) is 3.45. The lowest BCUT2D eigenvalue weighted by Gasteiger charge is -2.10. The number of para-hydroxylation sites is 1. The van der Waals surface area contributed by atoms with Crippen LogP contribution < -0.4 is 10.3 Å². The molecule has 1 aromatic heterocycles. The van der Waals surface area contributed by atoms with E-state index in [9.17, 15) is 19.7 Å². The Balaban J connectivity index is 2.12. The summed E-state index contributed by atoms with van der Waals surface area (Å²) >= 11 is 3.35. The molecule has 0 amide bonds. The van der Waals surface area contributed by atoms with Crippen molar-refractivity contribution in [2.45, 2.75) is 19.8 Å². The van der Waals surface area contributed by atoms with Gasteiger partial charge in [-0.3, -0.25) is 14.9 Å². The Morgan fingerprint density at radius 3 is 2.81 bits per heavy atom. The number of hydrogen-bond donors (Lipinski definition) is 0. The Kier molecular flexibility index (Phi) is 7.31. The maximum atomic E-state index is 13.1. The van der Waals surface area contributed by atoms with Crippen molar-refractivity contribution >= 4 is 44.7 Å². The van der Waals surface area contributed by atoms with Gasteiger partial charge in [-0.15, -0.1) is 0 Å². The van der Waals surface area contributed by atoms with E-state index in [1.165, 1.54) is 36.2 Å². The number of esters is 1. The summed E-state index contributed by atoms with van der Waals surface area (Å²) in [5.41, 5.74) is 0.0374. The Morgan fingerprint density at radius 1 is 1.34 bits per heavy atom. The van der Waals surface area contributed by atoms with Gasteiger partial charge in [0.05, 0.1) is 29.2 Å². The third-order valence-corrected chi connectivity index (χ3v) is 4.94. The molecule has 3 rings (SSSR count). The molecule has 0 aliphatic rings. The molecule has 2 aromatic carbocycles. The Labute approximate surface area is 190 Å². The van der Waals surface area contributed by atoms with Gasteiger partial charge in [0.1, 0.15) is 5.82 Å². The minimum Gasteiger partial charge on any atom is -0.474 e. The summed E-state index contributed by atoms with van der Waals surface area (Å²) in [4.78, 5) is 39.9. The molecule has 0 fully saturated rings. The van der Waals surface area contributed by atoms with Gasteiger partial charge < -0.3 is 9.47 Å². The van der Waals surface area contributed by atoms with Gasteiger partial charge in [0.15, 0.2) is 6.61 Å². The Hall–Kier alpha value is -3.60. The number of fused-ring (bicyclic) bond motifs is 1. The first-order chi connectivity index (χ1) is 15.3. The van der Waals surface area contributed by atoms with Gasteiger partial charge in [-0.2, -0.15) is 9.78 Å². The van der Waals surface area contributed by atoms with E-state index in [-0.39, 0.29) is 22.6 Å². The van der Waals surface area contributed by atoms with Crippen LogP contribution in [0, 0.1) is 10.1 Å². The summed E-state index contributed by atoms with van der Waals surface area (Å²) in [6.07, 6.45) is 2.50. The molecule has 32 heavy (non-hydrogen) atoms. The summed E-state index contributed by atoms with van der Waals surface area (Å²) in [6, 6.07) is 9.42. The standard InChI is InChI=1S/C21H19BrN4O6/c1-3-5-18-24-16-9-8-14(22)10-15(16)21(28)25(18)23-11-13-6-4-7-17(26(29)30)20(13)32-12-19(27)31-2/h4,6-11H,3,5,12H2,1-2H3. The van der Waals surface area contributed by atoms with Crippen LogP contribution in [-0.2, 0) is 16.0 Å². The molecule has 0 radical (unpaired) electrons. The number of nitro groups is 1. The van der Waals surface area contributed by atoms with Crippen molar-refractivity contribution in [2.75, 3.05) is 13.7 Å². The summed E-state index contributed by atoms with van der Waals surface area (Å²) < 4.78 is 11.8. The highest BCUT2D eigenvalue weighted by Crippen LogP contribution is 2.30. The van der Waals surface area contributed by atoms with E-state index in [1.54, 1.807) is 18.2 Å². The van der Waals surface area contributed by atoms with E-state index in [2.05, 4.69) is 30.8 Å². The fourth-order valence-corrected chi connectivity index (χ4v) is 3.32. The normalized spacial score (nSPS) is 11.1. The number of aromatic nitrogens is 2. The maximum absolute atomic E-state index is 13.1. The van der Waals surface area contributed by atoms with Crippen molar-refractivity contribution in [3.63, 3.8) is 0 Å². The molecule has 1 heterocycles. The lowest BCUT2D eigenvalue weighted by Crippen LogP contribution is -2.22. The first kappa shape index (κ1) is 23.1. The van der Waals surface area contributed by atoms with Crippen LogP contribution in [0.5, 0.6) is 5.75 Å². The topological polar surface area (TPSA) is 126 Å². The van der Waals surface area contributed by atoms with Crippen LogP contribution in [-0.4, -0.2) is 40.5 Å². The summed E-state index contributed by atoms with van der Waals surface area (Å²) in [5.74, 6) is -0.406. The van der Waals surface area contributed by atoms with Crippen LogP contribution in [0.3, 0.4) is 0 Å². The Bertz CT molecular complexity index is 1270. The lowest BCUT2D eigenvalue weighted by atomic mass is 10.2. The van der Waals surface area contributed by atoms with Crippen LogP contribution in [0.25, 0.3) is 10.9 Å². The predicted molar refractivity (Wildman–Crippen MR) is 121 cm³/mol. The minimum atomic E-state index is -0.697. The van der Waals surface area contributed by atoms with Gasteiger partial charge in [-0.25, -0.2) is 9.78 Å². The average molecular weight is 503 g/mol. The highest BCUT2D eigenvalue weighted by atomic mass is 79.9. The first-order valence-electron chi connectivity index (χ1n) is 9.58. The van der Waals surface area contributed by atoms with Crippen LogP contribution in [0.4, 0.5) is 5.69 Å². The molecule has 0 unspecified atom stereocenters. The molecule has 0 aliphatic heterocycles. The van der Waals surface area contributed by atoms with Gasteiger partial charge in [-0.05, 0) is 30.7 Å². The fraction of sp³-hybridized carbons (Fsp3) is 0.238. The van der Waals surface area contributed by atoms with E-state index in [4.69, 9.17) is 4.74 Å². The van der Waals surface area contributed by atoms with Gasteiger partial charge in [0.2, 0.25) is 5.75 Å². The third-order valence-electron chi connectivity index (χ3n) is 4.44. The second-order valence-corrected chi connectivity index (χ2v) is 7.53. The second kappa shape index (κ2) is 10.1. The summed E-state index contributed by atoms with van der Waals surface area (Å²) in [7, 11) is 1.18. The van der Waals surface area contributed by atoms with E-state index >= 15 is 0 Å². The second-order valence-electron chi connectivity index (χ2n) is 6.62. The molecule has 11 heteroatoms. The molecule has 0 aliphatic carbocycles. The Morgan fingerprint density at radius 2 is 2.12 bits per heavy atom. The largest absolute Gasteiger partial charge is 0.474 e. The number of carbonyl (C=O) groups is 1. The van der Waals surface area contributed by atoms with Crippen LogP contribution in [0.1, 0.15) is 24.7 Å². The van der Waals surface area contributed by atoms with Crippen molar-refractivity contribution < 1.29 is 19.2 Å². The van der Waals surface area contributed by atoms with Gasteiger partial charge in [0, 0.05) is 22.5 Å². The highest BCUT2D eigenvalue weighted by molar-refractivity contribution is 9.10. The molecule has 166 valence electrons. The molecule has 0 atom stereocenters. The van der Waals surface area contributed by atoms with E-state index in [0.717, 1.165) is 10.9 Å². The third kappa shape index (κ3) is 4.99. The van der Waals surface area contributed by atoms with Crippen molar-refractivity contribution in [1.82, 2.24) is 9.66 Å². The monoisotopic (exact) mass is 502 g/mol. The van der Waals surface area contributed by atoms with Gasteiger partial charge >= 0.3 is 11.7 Å². The lowest BCUT2D eigenvalue weighted by molar-refractivity contribution is -0.385. The van der Waals surface area contributed by atoms with Crippen molar-refractivity contribution in [3.05, 3.63) is 72.7 Å². The van der Waals surface area contributed by atoms with Crippen molar-refractivity contribution in [3.8, 4) is 5.75 Å². The smallest absolute Gasteiger partial charge is 0.343 e. The number of nitro benzene ring substituents is 1. The van der Waals surface area contributed by atoms with Crippen LogP contribution in [0.15, 0.2) is 50.8 Å². The molecular formula is C21H19BrN4O6. The molecular weight excluding hydrogens is 484 g/mol. The van der Waals surface area contributed by atoms with Crippen molar-refractivity contribution in [2.24, 2.45) is 5.10 Å². The number of carbonyl (C=O) groups excluding carboxylic acids is 1. The summed E-state index contributed by atoms with van der Waals surface area (Å²) in [5, 5.41) is 16.1. The zero-order valence-corrected chi connectivity index (χ0v) is 18.9. The molecule has 0 saturated heterocycles. The number of aryl methyl sites for hydroxylation is 1. The molecule has 0 bridgehead atoms. The zero-order chi connectivity index (χ0) is 23.3. The number of ether oxygens (including phenoxy) is 2. The molecule has 10 nitrogen and oxygen atoms in total. The number of hydrogen-bond acceptors (Lipinski definition) is 8. The number of methoxy groups -OCH3 is 1. The van der Waals surface area contributed by atoms with Crippen molar-refractivity contribution in [1.29, 1.82) is 0 Å². The number of halogens is 1. The number of benzene rings is 2.